The van der Waals surface area contributed by atoms with Gasteiger partial charge in [-0.2, -0.15) is 0 Å². The number of aromatic nitrogens is 1. The van der Waals surface area contributed by atoms with Crippen LogP contribution in [0.4, 0.5) is 0 Å². The van der Waals surface area contributed by atoms with Crippen LogP contribution in [0.2, 0.25) is 0 Å². The predicted octanol–water partition coefficient (Wildman–Crippen LogP) is 1.93. The fraction of sp³-hybridized carbons (Fsp3) is 0.300. The lowest BCUT2D eigenvalue weighted by Gasteiger charge is -2.27. The second-order valence-corrected chi connectivity index (χ2v) is 6.91. The molecule has 142 valence electrons. The van der Waals surface area contributed by atoms with Crippen molar-refractivity contribution >= 4 is 17.6 Å². The zero-order valence-electron chi connectivity index (χ0n) is 15.7. The zero-order valence-corrected chi connectivity index (χ0v) is 15.7. The Labute approximate surface area is 159 Å². The maximum absolute atomic E-state index is 12.0. The second-order valence-electron chi connectivity index (χ2n) is 6.91. The number of hydrogen-bond donors (Lipinski definition) is 4. The Morgan fingerprint density at radius 2 is 1.78 bits per heavy atom. The normalized spacial score (nSPS) is 10.9. The zero-order chi connectivity index (χ0) is 19.9. The Morgan fingerprint density at radius 3 is 2.37 bits per heavy atom. The average Bonchev–Trinajstić information content (AvgIpc) is 2.64. The van der Waals surface area contributed by atoms with Crippen LogP contribution >= 0.6 is 0 Å². The van der Waals surface area contributed by atoms with Crippen LogP contribution in [0, 0.1) is 10.8 Å². The van der Waals surface area contributed by atoms with Gasteiger partial charge in [-0.25, -0.2) is 0 Å². The molecule has 7 heteroatoms. The van der Waals surface area contributed by atoms with E-state index in [0.717, 1.165) is 11.1 Å². The quantitative estimate of drug-likeness (QED) is 0.442. The summed E-state index contributed by atoms with van der Waals surface area (Å²) in [5.74, 6) is 0.0527. The first kappa shape index (κ1) is 20.3. The Morgan fingerprint density at radius 1 is 1.11 bits per heavy atom. The maximum atomic E-state index is 12.0. The van der Waals surface area contributed by atoms with E-state index in [1.807, 2.05) is 42.5 Å². The van der Waals surface area contributed by atoms with E-state index in [-0.39, 0.29) is 24.1 Å². The van der Waals surface area contributed by atoms with E-state index in [0.29, 0.717) is 13.0 Å². The highest BCUT2D eigenvalue weighted by molar-refractivity contribution is 6.01. The summed E-state index contributed by atoms with van der Waals surface area (Å²) in [5.41, 5.74) is 6.62. The largest absolute Gasteiger partial charge is 0.347 e. The third-order valence-corrected chi connectivity index (χ3v) is 3.93. The lowest BCUT2D eigenvalue weighted by molar-refractivity contribution is -0.124. The maximum Gasteiger partial charge on any atom is 0.239 e. The SMILES string of the molecule is CC(C)(N)C(=O)NCC(=N)N(Cc1cccnc1)C(=N)Cc1ccccc1. The van der Waals surface area contributed by atoms with Gasteiger partial charge in [0.25, 0.3) is 0 Å². The van der Waals surface area contributed by atoms with E-state index in [1.165, 1.54) is 0 Å². The highest BCUT2D eigenvalue weighted by Crippen LogP contribution is 2.09. The first-order chi connectivity index (χ1) is 12.8. The number of carbonyl (C=O) groups excluding carboxylic acids is 1. The summed E-state index contributed by atoms with van der Waals surface area (Å²) in [7, 11) is 0. The van der Waals surface area contributed by atoms with Gasteiger partial charge in [-0.05, 0) is 31.0 Å². The molecule has 1 aromatic carbocycles. The molecule has 0 aliphatic carbocycles. The molecule has 0 radical (unpaired) electrons. The van der Waals surface area contributed by atoms with Crippen molar-refractivity contribution in [3.8, 4) is 0 Å². The van der Waals surface area contributed by atoms with Gasteiger partial charge >= 0.3 is 0 Å². The summed E-state index contributed by atoms with van der Waals surface area (Å²) in [6.07, 6.45) is 3.77. The monoisotopic (exact) mass is 366 g/mol. The van der Waals surface area contributed by atoms with Crippen molar-refractivity contribution in [1.29, 1.82) is 10.8 Å². The van der Waals surface area contributed by atoms with Gasteiger partial charge in [0.1, 0.15) is 11.7 Å². The summed E-state index contributed by atoms with van der Waals surface area (Å²) in [6, 6.07) is 13.4. The van der Waals surface area contributed by atoms with Crippen molar-refractivity contribution in [2.24, 2.45) is 5.73 Å². The van der Waals surface area contributed by atoms with Crippen molar-refractivity contribution in [3.05, 3.63) is 66.0 Å². The molecule has 5 N–H and O–H groups in total. The minimum Gasteiger partial charge on any atom is -0.347 e. The number of nitrogens with two attached hydrogens (primary N) is 1. The third kappa shape index (κ3) is 6.31. The Balaban J connectivity index is 2.12. The van der Waals surface area contributed by atoms with Gasteiger partial charge in [0.05, 0.1) is 18.6 Å². The number of benzene rings is 1. The van der Waals surface area contributed by atoms with Crippen LogP contribution in [-0.4, -0.2) is 39.5 Å². The molecule has 0 saturated carbocycles. The van der Waals surface area contributed by atoms with E-state index in [1.54, 1.807) is 31.1 Å². The minimum atomic E-state index is -1.02. The Hall–Kier alpha value is -3.06. The Bertz CT molecular complexity index is 783. The lowest BCUT2D eigenvalue weighted by Crippen LogP contribution is -2.52. The van der Waals surface area contributed by atoms with Crippen LogP contribution in [0.15, 0.2) is 54.9 Å². The molecule has 0 unspecified atom stereocenters. The highest BCUT2D eigenvalue weighted by atomic mass is 16.2. The van der Waals surface area contributed by atoms with Crippen molar-refractivity contribution in [2.45, 2.75) is 32.4 Å². The number of nitrogens with zero attached hydrogens (tertiary/aromatic N) is 2. The molecule has 0 spiro atoms. The van der Waals surface area contributed by atoms with Crippen molar-refractivity contribution in [1.82, 2.24) is 15.2 Å². The summed E-state index contributed by atoms with van der Waals surface area (Å²) >= 11 is 0. The van der Waals surface area contributed by atoms with Crippen LogP contribution in [0.1, 0.15) is 25.0 Å². The number of nitrogens with one attached hydrogen (secondary N) is 3. The van der Waals surface area contributed by atoms with Crippen LogP contribution < -0.4 is 11.1 Å². The molecule has 0 aliphatic heterocycles. The molecular formula is C20H26N6O. The molecule has 27 heavy (non-hydrogen) atoms. The molecule has 1 amide bonds. The molecule has 0 saturated heterocycles. The van der Waals surface area contributed by atoms with Crippen molar-refractivity contribution < 1.29 is 4.79 Å². The predicted molar refractivity (Wildman–Crippen MR) is 107 cm³/mol. The highest BCUT2D eigenvalue weighted by Gasteiger charge is 2.23. The number of pyridine rings is 1. The van der Waals surface area contributed by atoms with Crippen LogP contribution in [0.3, 0.4) is 0 Å². The van der Waals surface area contributed by atoms with E-state index >= 15 is 0 Å². The van der Waals surface area contributed by atoms with E-state index in [4.69, 9.17) is 16.6 Å². The summed E-state index contributed by atoms with van der Waals surface area (Å²) < 4.78 is 0. The van der Waals surface area contributed by atoms with Crippen molar-refractivity contribution in [2.75, 3.05) is 6.54 Å². The van der Waals surface area contributed by atoms with Crippen LogP contribution in [0.5, 0.6) is 0 Å². The third-order valence-electron chi connectivity index (χ3n) is 3.93. The summed E-state index contributed by atoms with van der Waals surface area (Å²) in [5, 5.41) is 19.6. The number of carbonyl (C=O) groups is 1. The number of hydrogen-bond acceptors (Lipinski definition) is 5. The number of rotatable bonds is 7. The van der Waals surface area contributed by atoms with Gasteiger partial charge in [0, 0.05) is 18.8 Å². The van der Waals surface area contributed by atoms with Gasteiger partial charge in [-0.1, -0.05) is 36.4 Å². The Kier molecular flexibility index (Phi) is 6.79. The van der Waals surface area contributed by atoms with Crippen LogP contribution in [-0.2, 0) is 17.8 Å². The molecule has 0 aliphatic rings. The first-order valence-corrected chi connectivity index (χ1v) is 8.70. The van der Waals surface area contributed by atoms with E-state index in [2.05, 4.69) is 10.3 Å². The average molecular weight is 366 g/mol. The molecule has 7 nitrogen and oxygen atoms in total. The second kappa shape index (κ2) is 9.05. The smallest absolute Gasteiger partial charge is 0.239 e. The summed E-state index contributed by atoms with van der Waals surface area (Å²) in [4.78, 5) is 17.7. The fourth-order valence-electron chi connectivity index (χ4n) is 2.40. The van der Waals surface area contributed by atoms with Gasteiger partial charge in [0.2, 0.25) is 5.91 Å². The molecule has 1 heterocycles. The molecule has 1 aromatic heterocycles. The summed E-state index contributed by atoms with van der Waals surface area (Å²) in [6.45, 7) is 3.55. The van der Waals surface area contributed by atoms with Gasteiger partial charge in [-0.3, -0.25) is 20.6 Å². The lowest BCUT2D eigenvalue weighted by atomic mass is 10.1. The van der Waals surface area contributed by atoms with Gasteiger partial charge in [-0.15, -0.1) is 0 Å². The number of amidine groups is 2. The topological polar surface area (TPSA) is 119 Å². The van der Waals surface area contributed by atoms with Crippen molar-refractivity contribution in [3.63, 3.8) is 0 Å². The minimum absolute atomic E-state index is 0.00308. The van der Waals surface area contributed by atoms with E-state index in [9.17, 15) is 4.79 Å². The molecule has 0 atom stereocenters. The van der Waals surface area contributed by atoms with Crippen LogP contribution in [0.25, 0.3) is 0 Å². The molecule has 2 rings (SSSR count). The molecular weight excluding hydrogens is 340 g/mol. The van der Waals surface area contributed by atoms with E-state index < -0.39 is 5.54 Å². The molecule has 0 bridgehead atoms. The fourth-order valence-corrected chi connectivity index (χ4v) is 2.40. The standard InChI is InChI=1S/C20H26N6O/c1-20(2,23)19(27)25-13-18(22)26(14-16-9-6-10-24-12-16)17(21)11-15-7-4-3-5-8-15/h3-10,12,21-22H,11,13-14,23H2,1-2H3,(H,25,27). The number of amides is 1. The van der Waals surface area contributed by atoms with Gasteiger partial charge < -0.3 is 16.0 Å². The molecule has 2 aromatic rings. The van der Waals surface area contributed by atoms with Gasteiger partial charge in [0.15, 0.2) is 0 Å². The molecule has 0 fully saturated rings. The first-order valence-electron chi connectivity index (χ1n) is 8.70.